The van der Waals surface area contributed by atoms with Crippen LogP contribution >= 0.6 is 0 Å². The van der Waals surface area contributed by atoms with Gasteiger partial charge in [0.1, 0.15) is 11.2 Å². The molecular formula is C23H24N6O4S. The lowest BCUT2D eigenvalue weighted by atomic mass is 10.2. The van der Waals surface area contributed by atoms with E-state index in [1.807, 2.05) is 0 Å². The summed E-state index contributed by atoms with van der Waals surface area (Å²) in [6.45, 7) is 5.17. The average molecular weight is 481 g/mol. The van der Waals surface area contributed by atoms with E-state index >= 15 is 0 Å². The lowest BCUT2D eigenvalue weighted by molar-refractivity contribution is 0.102. The molecule has 2 N–H and O–H groups in total. The number of nitrogens with one attached hydrogen (secondary N) is 2. The number of H-pyrrole nitrogens is 1. The van der Waals surface area contributed by atoms with Gasteiger partial charge < -0.3 is 15.2 Å². The Morgan fingerprint density at radius 1 is 1.09 bits per heavy atom. The fraction of sp³-hybridized carbons (Fsp3) is 0.261. The van der Waals surface area contributed by atoms with Crippen LogP contribution in [0, 0.1) is 0 Å². The van der Waals surface area contributed by atoms with E-state index in [0.717, 1.165) is 6.54 Å². The smallest absolute Gasteiger partial charge is 0.261 e. The molecule has 3 heterocycles. The molecule has 10 nitrogen and oxygen atoms in total. The number of carbonyl (C=O) groups excluding carboxylic acids is 1. The Morgan fingerprint density at radius 2 is 1.85 bits per heavy atom. The van der Waals surface area contributed by atoms with Crippen LogP contribution in [0.3, 0.4) is 0 Å². The van der Waals surface area contributed by atoms with Gasteiger partial charge in [-0.2, -0.15) is 9.40 Å². The normalized spacial score (nSPS) is 15.7. The van der Waals surface area contributed by atoms with Crippen molar-refractivity contribution in [2.45, 2.75) is 11.8 Å². The van der Waals surface area contributed by atoms with E-state index in [2.05, 4.69) is 27.2 Å². The molecule has 2 aromatic heterocycles. The second-order valence-electron chi connectivity index (χ2n) is 8.11. The molecule has 0 unspecified atom stereocenters. The summed E-state index contributed by atoms with van der Waals surface area (Å²) in [5.41, 5.74) is 1.02. The van der Waals surface area contributed by atoms with E-state index in [1.165, 1.54) is 27.2 Å². The van der Waals surface area contributed by atoms with Gasteiger partial charge >= 0.3 is 0 Å². The number of fused-ring (bicyclic) bond motifs is 3. The molecule has 2 aromatic carbocycles. The zero-order valence-corrected chi connectivity index (χ0v) is 19.4. The van der Waals surface area contributed by atoms with Gasteiger partial charge in [0.05, 0.1) is 22.0 Å². The quantitative estimate of drug-likeness (QED) is 0.449. The highest BCUT2D eigenvalue weighted by molar-refractivity contribution is 7.89. The van der Waals surface area contributed by atoms with Crippen LogP contribution in [-0.2, 0) is 10.0 Å². The number of aromatic nitrogens is 3. The van der Waals surface area contributed by atoms with Gasteiger partial charge in [-0.05, 0) is 36.9 Å². The van der Waals surface area contributed by atoms with Gasteiger partial charge in [-0.25, -0.2) is 12.9 Å². The number of para-hydroxylation sites is 1. The Balaban J connectivity index is 1.42. The number of likely N-dealkylation sites (N-methyl/N-ethyl adjacent to an activating group) is 1. The second kappa shape index (κ2) is 8.67. The highest BCUT2D eigenvalue weighted by Gasteiger charge is 2.28. The molecule has 0 spiro atoms. The van der Waals surface area contributed by atoms with Crippen molar-refractivity contribution >= 4 is 38.2 Å². The number of sulfonamides is 1. The van der Waals surface area contributed by atoms with Crippen molar-refractivity contribution in [1.29, 1.82) is 0 Å². The van der Waals surface area contributed by atoms with Crippen molar-refractivity contribution in [2.24, 2.45) is 0 Å². The first-order chi connectivity index (χ1) is 16.4. The maximum atomic E-state index is 13.1. The molecule has 1 fully saturated rings. The maximum absolute atomic E-state index is 13.1. The van der Waals surface area contributed by atoms with E-state index in [4.69, 9.17) is 0 Å². The number of anilines is 1. The third-order valence-corrected chi connectivity index (χ3v) is 8.03. The van der Waals surface area contributed by atoms with Crippen LogP contribution in [0.15, 0.2) is 64.4 Å². The molecule has 0 aliphatic carbocycles. The second-order valence-corrected chi connectivity index (χ2v) is 10.0. The van der Waals surface area contributed by atoms with E-state index in [9.17, 15) is 18.0 Å². The minimum Gasteiger partial charge on any atom is -0.322 e. The fourth-order valence-corrected chi connectivity index (χ4v) is 5.68. The van der Waals surface area contributed by atoms with E-state index in [0.29, 0.717) is 42.8 Å². The summed E-state index contributed by atoms with van der Waals surface area (Å²) in [6.07, 6.45) is 1.38. The van der Waals surface area contributed by atoms with Crippen LogP contribution in [0.1, 0.15) is 17.3 Å². The van der Waals surface area contributed by atoms with E-state index < -0.39 is 15.9 Å². The molecule has 4 aromatic rings. The third-order valence-electron chi connectivity index (χ3n) is 6.13. The first kappa shape index (κ1) is 22.3. The fourth-order valence-electron chi connectivity index (χ4n) is 4.21. The molecule has 0 saturated carbocycles. The first-order valence-electron chi connectivity index (χ1n) is 11.0. The van der Waals surface area contributed by atoms with Gasteiger partial charge in [0.2, 0.25) is 10.0 Å². The Labute approximate surface area is 195 Å². The summed E-state index contributed by atoms with van der Waals surface area (Å²) in [5.74, 6) is -0.507. The molecule has 1 aliphatic heterocycles. The van der Waals surface area contributed by atoms with E-state index in [-0.39, 0.29) is 21.7 Å². The number of nitrogens with zero attached hydrogens (tertiary/aromatic N) is 4. The molecule has 11 heteroatoms. The molecule has 0 bridgehead atoms. The number of amides is 1. The zero-order valence-electron chi connectivity index (χ0n) is 18.6. The third kappa shape index (κ3) is 3.87. The largest absolute Gasteiger partial charge is 0.322 e. The molecule has 5 rings (SSSR count). The number of aromatic amines is 1. The average Bonchev–Trinajstić information content (AvgIpc) is 3.28. The highest BCUT2D eigenvalue weighted by atomic mass is 32.2. The number of rotatable bonds is 5. The molecule has 1 amide bonds. The lowest BCUT2D eigenvalue weighted by Crippen LogP contribution is -2.48. The van der Waals surface area contributed by atoms with Crippen LogP contribution in [0.4, 0.5) is 5.69 Å². The topological polar surface area (TPSA) is 120 Å². The number of hydrogen-bond acceptors (Lipinski definition) is 6. The number of carbonyl (C=O) groups is 1. The van der Waals surface area contributed by atoms with Crippen molar-refractivity contribution in [3.63, 3.8) is 0 Å². The SMILES string of the molecule is CCN1CCN(S(=O)(=O)c2cccc(NC(=O)c3cnn4c3[nH]c(=O)c3ccccc34)c2)CC1. The van der Waals surface area contributed by atoms with Crippen molar-refractivity contribution in [1.82, 2.24) is 23.8 Å². The van der Waals surface area contributed by atoms with Crippen molar-refractivity contribution in [3.8, 4) is 0 Å². The Kier molecular flexibility index (Phi) is 5.68. The number of hydrogen-bond donors (Lipinski definition) is 2. The molecular weight excluding hydrogens is 456 g/mol. The summed E-state index contributed by atoms with van der Waals surface area (Å²) >= 11 is 0. The zero-order chi connectivity index (χ0) is 23.9. The van der Waals surface area contributed by atoms with Crippen LogP contribution in [0.5, 0.6) is 0 Å². The molecule has 34 heavy (non-hydrogen) atoms. The van der Waals surface area contributed by atoms with Crippen LogP contribution < -0.4 is 10.9 Å². The summed E-state index contributed by atoms with van der Waals surface area (Å²) in [5, 5.41) is 7.45. The summed E-state index contributed by atoms with van der Waals surface area (Å²) in [4.78, 5) is 30.5. The standard InChI is InChI=1S/C23H24N6O4S/c1-2-27-10-12-28(13-11-27)34(32,33)17-7-5-6-16(14-17)25-23(31)19-15-24-29-20-9-4-3-8-18(20)22(30)26-21(19)29/h3-9,14-15H,2,10-13H2,1H3,(H,25,31)(H,26,30). The van der Waals surface area contributed by atoms with Crippen molar-refractivity contribution < 1.29 is 13.2 Å². The highest BCUT2D eigenvalue weighted by Crippen LogP contribution is 2.22. The Morgan fingerprint density at radius 3 is 2.62 bits per heavy atom. The van der Waals surface area contributed by atoms with Crippen molar-refractivity contribution in [3.05, 3.63) is 70.6 Å². The Bertz CT molecular complexity index is 1550. The van der Waals surface area contributed by atoms with Crippen LogP contribution in [-0.4, -0.2) is 70.9 Å². The van der Waals surface area contributed by atoms with Crippen LogP contribution in [0.25, 0.3) is 16.6 Å². The molecule has 0 atom stereocenters. The predicted octanol–water partition coefficient (Wildman–Crippen LogP) is 1.75. The predicted molar refractivity (Wildman–Crippen MR) is 129 cm³/mol. The van der Waals surface area contributed by atoms with Gasteiger partial charge in [0.25, 0.3) is 11.5 Å². The molecule has 0 radical (unpaired) electrons. The summed E-state index contributed by atoms with van der Waals surface area (Å²) in [6, 6.07) is 13.2. The summed E-state index contributed by atoms with van der Waals surface area (Å²) < 4.78 is 29.2. The number of benzene rings is 2. The van der Waals surface area contributed by atoms with Gasteiger partial charge in [0, 0.05) is 31.9 Å². The monoisotopic (exact) mass is 480 g/mol. The summed E-state index contributed by atoms with van der Waals surface area (Å²) in [7, 11) is -3.68. The first-order valence-corrected chi connectivity index (χ1v) is 12.4. The van der Waals surface area contributed by atoms with Crippen molar-refractivity contribution in [2.75, 3.05) is 38.0 Å². The van der Waals surface area contributed by atoms with Gasteiger partial charge in [-0.3, -0.25) is 9.59 Å². The van der Waals surface area contributed by atoms with Gasteiger partial charge in [0.15, 0.2) is 0 Å². The maximum Gasteiger partial charge on any atom is 0.261 e. The van der Waals surface area contributed by atoms with E-state index in [1.54, 1.807) is 36.4 Å². The Hall–Kier alpha value is -3.54. The minimum absolute atomic E-state index is 0.120. The number of piperazine rings is 1. The van der Waals surface area contributed by atoms with Crippen LogP contribution in [0.2, 0.25) is 0 Å². The molecule has 176 valence electrons. The lowest BCUT2D eigenvalue weighted by Gasteiger charge is -2.33. The van der Waals surface area contributed by atoms with Gasteiger partial charge in [-0.15, -0.1) is 0 Å². The molecule has 1 saturated heterocycles. The van der Waals surface area contributed by atoms with Gasteiger partial charge in [-0.1, -0.05) is 25.1 Å². The minimum atomic E-state index is -3.68. The molecule has 1 aliphatic rings.